The molecule has 1 aliphatic rings. The smallest absolute Gasteiger partial charge is 0.0104 e. The van der Waals surface area contributed by atoms with Crippen molar-refractivity contribution in [2.75, 3.05) is 33.7 Å². The lowest BCUT2D eigenvalue weighted by atomic mass is 10.1. The minimum atomic E-state index is 0.992. The Bertz CT molecular complexity index is 108. The van der Waals surface area contributed by atoms with E-state index in [4.69, 9.17) is 0 Å². The van der Waals surface area contributed by atoms with Crippen molar-refractivity contribution in [3.63, 3.8) is 0 Å². The molecule has 1 fully saturated rings. The average molecular weight is 170 g/mol. The topological polar surface area (TPSA) is 15.3 Å². The first-order valence-electron chi connectivity index (χ1n) is 5.16. The zero-order valence-electron chi connectivity index (χ0n) is 8.47. The van der Waals surface area contributed by atoms with Gasteiger partial charge in [0.05, 0.1) is 0 Å². The van der Waals surface area contributed by atoms with Crippen molar-refractivity contribution in [1.29, 1.82) is 0 Å². The van der Waals surface area contributed by atoms with E-state index >= 15 is 0 Å². The van der Waals surface area contributed by atoms with Crippen molar-refractivity contribution in [3.8, 4) is 0 Å². The van der Waals surface area contributed by atoms with Crippen LogP contribution in [0.1, 0.15) is 25.7 Å². The van der Waals surface area contributed by atoms with Crippen LogP contribution in [-0.4, -0.2) is 38.6 Å². The fourth-order valence-electron chi connectivity index (χ4n) is 2.03. The van der Waals surface area contributed by atoms with E-state index in [1.165, 1.54) is 38.8 Å². The molecule has 72 valence electrons. The highest BCUT2D eigenvalue weighted by Crippen LogP contribution is 2.24. The van der Waals surface area contributed by atoms with Gasteiger partial charge in [-0.2, -0.15) is 0 Å². The predicted molar refractivity (Wildman–Crippen MR) is 53.4 cm³/mol. The van der Waals surface area contributed by atoms with Crippen molar-refractivity contribution >= 4 is 0 Å². The summed E-state index contributed by atoms with van der Waals surface area (Å²) in [4.78, 5) is 2.45. The standard InChI is InChI=1S/C10H22N2/c1-11-7-8-12(2)9-10-5-3-4-6-10/h10-11H,3-9H2,1-2H3. The molecule has 1 aliphatic carbocycles. The molecule has 0 aromatic heterocycles. The lowest BCUT2D eigenvalue weighted by Crippen LogP contribution is -2.30. The highest BCUT2D eigenvalue weighted by atomic mass is 15.1. The van der Waals surface area contributed by atoms with Gasteiger partial charge < -0.3 is 10.2 Å². The monoisotopic (exact) mass is 170 g/mol. The Kier molecular flexibility index (Phi) is 4.62. The Morgan fingerprint density at radius 3 is 2.58 bits per heavy atom. The second-order valence-corrected chi connectivity index (χ2v) is 4.02. The molecule has 0 heterocycles. The number of nitrogens with zero attached hydrogens (tertiary/aromatic N) is 1. The predicted octanol–water partition coefficient (Wildman–Crippen LogP) is 1.33. The molecule has 1 rings (SSSR count). The average Bonchev–Trinajstić information content (AvgIpc) is 2.53. The number of nitrogens with one attached hydrogen (secondary N) is 1. The first-order chi connectivity index (χ1) is 5.83. The second kappa shape index (κ2) is 5.55. The lowest BCUT2D eigenvalue weighted by molar-refractivity contribution is 0.280. The quantitative estimate of drug-likeness (QED) is 0.669. The first-order valence-corrected chi connectivity index (χ1v) is 5.16. The largest absolute Gasteiger partial charge is 0.318 e. The SMILES string of the molecule is CNCCN(C)CC1CCCC1. The van der Waals surface area contributed by atoms with Crippen LogP contribution in [0.25, 0.3) is 0 Å². The van der Waals surface area contributed by atoms with E-state index < -0.39 is 0 Å². The molecule has 0 saturated heterocycles. The van der Waals surface area contributed by atoms with Crippen LogP contribution in [0.4, 0.5) is 0 Å². The maximum Gasteiger partial charge on any atom is 0.0104 e. The van der Waals surface area contributed by atoms with Crippen molar-refractivity contribution in [1.82, 2.24) is 10.2 Å². The van der Waals surface area contributed by atoms with E-state index in [0.717, 1.165) is 12.5 Å². The van der Waals surface area contributed by atoms with E-state index in [2.05, 4.69) is 17.3 Å². The molecule has 1 N–H and O–H groups in total. The van der Waals surface area contributed by atoms with Gasteiger partial charge in [-0.05, 0) is 32.9 Å². The van der Waals surface area contributed by atoms with Crippen LogP contribution in [0.5, 0.6) is 0 Å². The zero-order valence-corrected chi connectivity index (χ0v) is 8.47. The molecule has 0 aromatic rings. The summed E-state index contributed by atoms with van der Waals surface area (Å²) in [5.74, 6) is 0.992. The van der Waals surface area contributed by atoms with Crippen molar-refractivity contribution in [3.05, 3.63) is 0 Å². The normalized spacial score (nSPS) is 19.2. The van der Waals surface area contributed by atoms with Crippen LogP contribution in [0, 0.1) is 5.92 Å². The maximum atomic E-state index is 3.18. The van der Waals surface area contributed by atoms with Gasteiger partial charge in [0.15, 0.2) is 0 Å². The van der Waals surface area contributed by atoms with Crippen molar-refractivity contribution in [2.24, 2.45) is 5.92 Å². The van der Waals surface area contributed by atoms with E-state index in [1.807, 2.05) is 7.05 Å². The molecule has 0 radical (unpaired) electrons. The Hall–Kier alpha value is -0.0800. The lowest BCUT2D eigenvalue weighted by Gasteiger charge is -2.20. The van der Waals surface area contributed by atoms with Crippen LogP contribution in [0.3, 0.4) is 0 Å². The molecule has 12 heavy (non-hydrogen) atoms. The summed E-state index contributed by atoms with van der Waals surface area (Å²) in [5, 5.41) is 3.18. The van der Waals surface area contributed by atoms with Gasteiger partial charge in [0.2, 0.25) is 0 Å². The molecule has 0 unspecified atom stereocenters. The van der Waals surface area contributed by atoms with E-state index in [9.17, 15) is 0 Å². The fourth-order valence-corrected chi connectivity index (χ4v) is 2.03. The van der Waals surface area contributed by atoms with Crippen molar-refractivity contribution < 1.29 is 0 Å². The maximum absolute atomic E-state index is 3.18. The first kappa shape index (κ1) is 10.0. The summed E-state index contributed by atoms with van der Waals surface area (Å²) in [6, 6.07) is 0. The van der Waals surface area contributed by atoms with Gasteiger partial charge in [0.1, 0.15) is 0 Å². The molecule has 0 aromatic carbocycles. The van der Waals surface area contributed by atoms with Crippen LogP contribution in [0.2, 0.25) is 0 Å². The molecular weight excluding hydrogens is 148 g/mol. The Morgan fingerprint density at radius 2 is 2.00 bits per heavy atom. The van der Waals surface area contributed by atoms with Gasteiger partial charge >= 0.3 is 0 Å². The van der Waals surface area contributed by atoms with E-state index in [1.54, 1.807) is 0 Å². The number of hydrogen-bond donors (Lipinski definition) is 1. The van der Waals surface area contributed by atoms with E-state index in [0.29, 0.717) is 0 Å². The molecule has 0 spiro atoms. The highest BCUT2D eigenvalue weighted by Gasteiger charge is 2.15. The molecule has 0 bridgehead atoms. The molecular formula is C10H22N2. The summed E-state index contributed by atoms with van der Waals surface area (Å²) >= 11 is 0. The molecule has 2 heteroatoms. The molecule has 1 saturated carbocycles. The summed E-state index contributed by atoms with van der Waals surface area (Å²) in [5.41, 5.74) is 0. The van der Waals surface area contributed by atoms with Crippen LogP contribution >= 0.6 is 0 Å². The minimum Gasteiger partial charge on any atom is -0.318 e. The number of likely N-dealkylation sites (N-methyl/N-ethyl adjacent to an activating group) is 2. The van der Waals surface area contributed by atoms with Crippen LogP contribution in [0.15, 0.2) is 0 Å². The summed E-state index contributed by atoms with van der Waals surface area (Å²) < 4.78 is 0. The molecule has 0 aliphatic heterocycles. The van der Waals surface area contributed by atoms with E-state index in [-0.39, 0.29) is 0 Å². The van der Waals surface area contributed by atoms with Gasteiger partial charge in [0.25, 0.3) is 0 Å². The summed E-state index contributed by atoms with van der Waals surface area (Å²) in [6.45, 7) is 3.61. The summed E-state index contributed by atoms with van der Waals surface area (Å²) in [7, 11) is 4.25. The van der Waals surface area contributed by atoms with Crippen molar-refractivity contribution in [2.45, 2.75) is 25.7 Å². The third-order valence-electron chi connectivity index (χ3n) is 2.79. The zero-order chi connectivity index (χ0) is 8.81. The second-order valence-electron chi connectivity index (χ2n) is 4.02. The minimum absolute atomic E-state index is 0.992. The Morgan fingerprint density at radius 1 is 1.33 bits per heavy atom. The Labute approximate surface area is 76.3 Å². The van der Waals surface area contributed by atoms with Gasteiger partial charge in [-0.3, -0.25) is 0 Å². The summed E-state index contributed by atoms with van der Waals surface area (Å²) in [6.07, 6.45) is 5.85. The third kappa shape index (κ3) is 3.55. The van der Waals surface area contributed by atoms with Gasteiger partial charge in [0, 0.05) is 19.6 Å². The van der Waals surface area contributed by atoms with Gasteiger partial charge in [-0.15, -0.1) is 0 Å². The number of hydrogen-bond acceptors (Lipinski definition) is 2. The van der Waals surface area contributed by atoms with Gasteiger partial charge in [-0.1, -0.05) is 12.8 Å². The molecule has 0 atom stereocenters. The third-order valence-corrected chi connectivity index (χ3v) is 2.79. The fraction of sp³-hybridized carbons (Fsp3) is 1.00. The van der Waals surface area contributed by atoms with Crippen LogP contribution in [-0.2, 0) is 0 Å². The highest BCUT2D eigenvalue weighted by molar-refractivity contribution is 4.70. The van der Waals surface area contributed by atoms with Gasteiger partial charge in [-0.25, -0.2) is 0 Å². The number of rotatable bonds is 5. The Balaban J connectivity index is 2.03. The molecule has 0 amide bonds. The molecule has 2 nitrogen and oxygen atoms in total. The van der Waals surface area contributed by atoms with Crippen LogP contribution < -0.4 is 5.32 Å².